The van der Waals surface area contributed by atoms with Gasteiger partial charge in [0, 0.05) is 33.1 Å². The van der Waals surface area contributed by atoms with Crippen molar-refractivity contribution < 1.29 is 9.59 Å². The molecule has 3 aliphatic rings. The van der Waals surface area contributed by atoms with Gasteiger partial charge in [0.25, 0.3) is 0 Å². The lowest BCUT2D eigenvalue weighted by atomic mass is 9.92. The van der Waals surface area contributed by atoms with E-state index in [4.69, 9.17) is 0 Å². The Balaban J connectivity index is 1.34. The molecule has 0 unspecified atom stereocenters. The van der Waals surface area contributed by atoms with E-state index in [9.17, 15) is 9.59 Å². The number of hydrogen-bond donors (Lipinski definition) is 2. The van der Waals surface area contributed by atoms with Gasteiger partial charge in [0.05, 0.1) is 24.5 Å². The number of hydrogen-bond acceptors (Lipinski definition) is 4. The summed E-state index contributed by atoms with van der Waals surface area (Å²) in [5.74, 6) is 0.345. The molecule has 148 valence electrons. The molecule has 1 aliphatic carbocycles. The average molecular weight is 374 g/mol. The summed E-state index contributed by atoms with van der Waals surface area (Å²) in [4.78, 5) is 28.3. The van der Waals surface area contributed by atoms with Gasteiger partial charge in [-0.2, -0.15) is 5.10 Å². The van der Waals surface area contributed by atoms with E-state index in [1.807, 2.05) is 15.6 Å². The highest BCUT2D eigenvalue weighted by atomic mass is 16.2. The molecule has 1 aromatic heterocycles. The van der Waals surface area contributed by atoms with E-state index in [2.05, 4.69) is 15.7 Å². The maximum Gasteiger partial charge on any atom is 0.319 e. The number of piperidine rings is 1. The monoisotopic (exact) mass is 374 g/mol. The summed E-state index contributed by atoms with van der Waals surface area (Å²) in [7, 11) is 3.55. The van der Waals surface area contributed by atoms with Gasteiger partial charge in [0.1, 0.15) is 0 Å². The Labute approximate surface area is 160 Å². The molecule has 2 fully saturated rings. The quantitative estimate of drug-likeness (QED) is 0.819. The molecular formula is C19H30N6O2. The molecular weight excluding hydrogens is 344 g/mol. The molecule has 1 aromatic rings. The van der Waals surface area contributed by atoms with Gasteiger partial charge in [-0.15, -0.1) is 0 Å². The van der Waals surface area contributed by atoms with Gasteiger partial charge in [-0.05, 0) is 50.3 Å². The van der Waals surface area contributed by atoms with Crippen LogP contribution in [0.4, 0.5) is 4.79 Å². The van der Waals surface area contributed by atoms with E-state index >= 15 is 0 Å². The van der Waals surface area contributed by atoms with E-state index in [1.165, 1.54) is 0 Å². The van der Waals surface area contributed by atoms with Crippen molar-refractivity contribution in [3.63, 3.8) is 0 Å². The SMILES string of the molecule is CN(C)C(=O)N1CCCn2nc(CNC(=O)[C@@H]3CC34CCNCC4)cc2C1. The number of carbonyl (C=O) groups is 2. The normalized spacial score (nSPS) is 23.5. The number of nitrogens with one attached hydrogen (secondary N) is 2. The Bertz CT molecular complexity index is 722. The molecule has 1 atom stereocenters. The van der Waals surface area contributed by atoms with Crippen LogP contribution in [0.5, 0.6) is 0 Å². The lowest BCUT2D eigenvalue weighted by Gasteiger charge is -2.24. The van der Waals surface area contributed by atoms with E-state index in [0.29, 0.717) is 13.1 Å². The Morgan fingerprint density at radius 2 is 2.11 bits per heavy atom. The molecule has 0 bridgehead atoms. The van der Waals surface area contributed by atoms with Crippen molar-refractivity contribution in [1.82, 2.24) is 30.2 Å². The summed E-state index contributed by atoms with van der Waals surface area (Å²) < 4.78 is 1.98. The van der Waals surface area contributed by atoms with Gasteiger partial charge in [-0.3, -0.25) is 9.48 Å². The Morgan fingerprint density at radius 3 is 2.85 bits per heavy atom. The third-order valence-corrected chi connectivity index (χ3v) is 6.27. The standard InChI is InChI=1S/C19H30N6O2/c1-23(2)18(27)24-8-3-9-25-15(13-24)10-14(22-25)12-21-17(26)16-11-19(16)4-6-20-7-5-19/h10,16,20H,3-9,11-13H2,1-2H3,(H,21,26)/t16-/m0/s1. The molecule has 3 amide bonds. The summed E-state index contributed by atoms with van der Waals surface area (Å²) >= 11 is 0. The molecule has 27 heavy (non-hydrogen) atoms. The van der Waals surface area contributed by atoms with Gasteiger partial charge >= 0.3 is 6.03 Å². The fourth-order valence-electron chi connectivity index (χ4n) is 4.55. The molecule has 1 spiro atoms. The van der Waals surface area contributed by atoms with Crippen LogP contribution < -0.4 is 10.6 Å². The van der Waals surface area contributed by atoms with Crippen molar-refractivity contribution >= 4 is 11.9 Å². The molecule has 1 saturated heterocycles. The van der Waals surface area contributed by atoms with Gasteiger partial charge in [-0.25, -0.2) is 4.79 Å². The van der Waals surface area contributed by atoms with E-state index in [-0.39, 0.29) is 23.3 Å². The van der Waals surface area contributed by atoms with Crippen LogP contribution >= 0.6 is 0 Å². The summed E-state index contributed by atoms with van der Waals surface area (Å²) in [5.41, 5.74) is 2.17. The number of aryl methyl sites for hydroxylation is 1. The van der Waals surface area contributed by atoms with Crippen LogP contribution in [0.25, 0.3) is 0 Å². The lowest BCUT2D eigenvalue weighted by Crippen LogP contribution is -2.38. The summed E-state index contributed by atoms with van der Waals surface area (Å²) in [6.07, 6.45) is 4.14. The first-order chi connectivity index (χ1) is 13.0. The molecule has 4 rings (SSSR count). The number of fused-ring (bicyclic) bond motifs is 1. The van der Waals surface area contributed by atoms with Crippen LogP contribution in [0.15, 0.2) is 6.07 Å². The maximum absolute atomic E-state index is 12.5. The molecule has 2 N–H and O–H groups in total. The Kier molecular flexibility index (Phi) is 4.84. The summed E-state index contributed by atoms with van der Waals surface area (Å²) in [5, 5.41) is 11.1. The zero-order chi connectivity index (χ0) is 19.0. The number of carbonyl (C=O) groups excluding carboxylic acids is 2. The van der Waals surface area contributed by atoms with E-state index in [1.54, 1.807) is 19.0 Å². The zero-order valence-electron chi connectivity index (χ0n) is 16.3. The minimum absolute atomic E-state index is 0.0282. The van der Waals surface area contributed by atoms with Crippen LogP contribution in [-0.4, -0.2) is 65.2 Å². The van der Waals surface area contributed by atoms with Crippen molar-refractivity contribution in [3.8, 4) is 0 Å². The Morgan fingerprint density at radius 1 is 1.33 bits per heavy atom. The third-order valence-electron chi connectivity index (χ3n) is 6.27. The second-order valence-electron chi connectivity index (χ2n) is 8.39. The highest BCUT2D eigenvalue weighted by Gasteiger charge is 2.57. The van der Waals surface area contributed by atoms with Gasteiger partial charge in [0.2, 0.25) is 5.91 Å². The largest absolute Gasteiger partial charge is 0.350 e. The van der Waals surface area contributed by atoms with Crippen molar-refractivity contribution in [2.45, 2.75) is 45.3 Å². The number of amides is 3. The highest BCUT2D eigenvalue weighted by molar-refractivity contribution is 5.82. The number of urea groups is 1. The first kappa shape index (κ1) is 18.3. The van der Waals surface area contributed by atoms with Crippen LogP contribution in [0.1, 0.15) is 37.1 Å². The second kappa shape index (κ2) is 7.14. The predicted molar refractivity (Wildman–Crippen MR) is 101 cm³/mol. The average Bonchev–Trinajstić information content (AvgIpc) is 3.27. The minimum Gasteiger partial charge on any atom is -0.350 e. The van der Waals surface area contributed by atoms with Gasteiger partial charge in [-0.1, -0.05) is 0 Å². The Hall–Kier alpha value is -2.09. The molecule has 2 aliphatic heterocycles. The fourth-order valence-corrected chi connectivity index (χ4v) is 4.55. The van der Waals surface area contributed by atoms with Crippen molar-refractivity contribution in [3.05, 3.63) is 17.5 Å². The maximum atomic E-state index is 12.5. The molecule has 0 aromatic carbocycles. The zero-order valence-corrected chi connectivity index (χ0v) is 16.3. The van der Waals surface area contributed by atoms with Gasteiger partial charge in [0.15, 0.2) is 0 Å². The highest BCUT2D eigenvalue weighted by Crippen LogP contribution is 2.58. The van der Waals surface area contributed by atoms with Crippen LogP contribution in [-0.2, 0) is 24.4 Å². The number of nitrogens with zero attached hydrogens (tertiary/aromatic N) is 4. The number of aromatic nitrogens is 2. The first-order valence-corrected chi connectivity index (χ1v) is 9.99. The van der Waals surface area contributed by atoms with E-state index < -0.39 is 0 Å². The first-order valence-electron chi connectivity index (χ1n) is 9.99. The van der Waals surface area contributed by atoms with Crippen molar-refractivity contribution in [1.29, 1.82) is 0 Å². The molecule has 8 heteroatoms. The summed E-state index contributed by atoms with van der Waals surface area (Å²) in [6.45, 7) is 4.63. The molecule has 8 nitrogen and oxygen atoms in total. The van der Waals surface area contributed by atoms with Gasteiger partial charge < -0.3 is 20.4 Å². The molecule has 3 heterocycles. The minimum atomic E-state index is 0.0282. The smallest absolute Gasteiger partial charge is 0.319 e. The van der Waals surface area contributed by atoms with Crippen LogP contribution in [0.3, 0.4) is 0 Å². The predicted octanol–water partition coefficient (Wildman–Crippen LogP) is 0.776. The summed E-state index contributed by atoms with van der Waals surface area (Å²) in [6, 6.07) is 2.05. The van der Waals surface area contributed by atoms with Crippen LogP contribution in [0, 0.1) is 11.3 Å². The lowest BCUT2D eigenvalue weighted by molar-refractivity contribution is -0.123. The van der Waals surface area contributed by atoms with Crippen molar-refractivity contribution in [2.75, 3.05) is 33.7 Å². The van der Waals surface area contributed by atoms with Crippen molar-refractivity contribution in [2.24, 2.45) is 11.3 Å². The second-order valence-corrected chi connectivity index (χ2v) is 8.39. The van der Waals surface area contributed by atoms with Crippen LogP contribution in [0.2, 0.25) is 0 Å². The molecule has 0 radical (unpaired) electrons. The third kappa shape index (κ3) is 3.67. The fraction of sp³-hybridized carbons (Fsp3) is 0.737. The molecule has 1 saturated carbocycles. The topological polar surface area (TPSA) is 82.5 Å². The van der Waals surface area contributed by atoms with E-state index in [0.717, 1.165) is 63.3 Å². The number of rotatable bonds is 3.